The lowest BCUT2D eigenvalue weighted by Gasteiger charge is -2.43. The summed E-state index contributed by atoms with van der Waals surface area (Å²) < 4.78 is 50.7. The largest absolute Gasteiger partial charge is 0.437 e. The third-order valence-corrected chi connectivity index (χ3v) is 3.59. The Balaban J connectivity index is 2.03. The van der Waals surface area contributed by atoms with Crippen LogP contribution in [0.15, 0.2) is 42.6 Å². The molecule has 4 nitrogen and oxygen atoms in total. The van der Waals surface area contributed by atoms with E-state index >= 15 is 0 Å². The van der Waals surface area contributed by atoms with E-state index in [9.17, 15) is 13.2 Å². The third-order valence-electron chi connectivity index (χ3n) is 3.59. The second kappa shape index (κ2) is 5.17. The van der Waals surface area contributed by atoms with Crippen molar-refractivity contribution in [2.45, 2.75) is 18.2 Å². The Hall–Kier alpha value is -2.28. The van der Waals surface area contributed by atoms with Crippen molar-refractivity contribution in [2.24, 2.45) is 0 Å². The number of hydrogen-bond donors (Lipinski definition) is 1. The van der Waals surface area contributed by atoms with Gasteiger partial charge in [0.15, 0.2) is 5.60 Å². The number of alkyl halides is 3. The van der Waals surface area contributed by atoms with Crippen LogP contribution < -0.4 is 10.5 Å². The smallest absolute Gasteiger partial charge is 0.421 e. The Morgan fingerprint density at radius 1 is 1.18 bits per heavy atom. The highest BCUT2D eigenvalue weighted by atomic mass is 19.4. The maximum absolute atomic E-state index is 13.4. The van der Waals surface area contributed by atoms with Gasteiger partial charge in [0.2, 0.25) is 5.88 Å². The Morgan fingerprint density at radius 2 is 1.91 bits per heavy atom. The minimum Gasteiger partial charge on any atom is -0.437 e. The number of rotatable bonds is 3. The molecule has 2 N–H and O–H groups in total. The molecule has 0 spiro atoms. The number of aromatic nitrogens is 1. The average molecular weight is 310 g/mol. The quantitative estimate of drug-likeness (QED) is 0.940. The van der Waals surface area contributed by atoms with Gasteiger partial charge in [-0.3, -0.25) is 0 Å². The summed E-state index contributed by atoms with van der Waals surface area (Å²) in [6, 6.07) is 9.06. The number of nitrogens with two attached hydrogens (primary N) is 1. The van der Waals surface area contributed by atoms with E-state index in [2.05, 4.69) is 4.98 Å². The summed E-state index contributed by atoms with van der Waals surface area (Å²) >= 11 is 0. The summed E-state index contributed by atoms with van der Waals surface area (Å²) in [6.07, 6.45) is -3.22. The first-order valence-electron chi connectivity index (χ1n) is 6.62. The molecule has 0 bridgehead atoms. The van der Waals surface area contributed by atoms with Crippen LogP contribution in [0.2, 0.25) is 0 Å². The lowest BCUT2D eigenvalue weighted by Crippen LogP contribution is -2.52. The van der Waals surface area contributed by atoms with E-state index in [0.717, 1.165) is 0 Å². The highest BCUT2D eigenvalue weighted by molar-refractivity contribution is 5.51. The molecule has 1 aromatic carbocycles. The number of hydrogen-bond acceptors (Lipinski definition) is 4. The second-order valence-corrected chi connectivity index (χ2v) is 4.92. The van der Waals surface area contributed by atoms with Crippen LogP contribution >= 0.6 is 0 Å². The zero-order valence-electron chi connectivity index (χ0n) is 11.4. The summed E-state index contributed by atoms with van der Waals surface area (Å²) in [6.45, 7) is 0.0551. The van der Waals surface area contributed by atoms with Crippen LogP contribution in [0.4, 0.5) is 18.9 Å². The Bertz CT molecular complexity index is 684. The minimum atomic E-state index is -4.53. The molecule has 0 saturated carbocycles. The first kappa shape index (κ1) is 14.6. The molecule has 0 amide bonds. The Morgan fingerprint density at radius 3 is 2.50 bits per heavy atom. The normalized spacial score (nSPS) is 21.2. The lowest BCUT2D eigenvalue weighted by molar-refractivity contribution is -0.333. The first-order valence-corrected chi connectivity index (χ1v) is 6.62. The summed E-state index contributed by atoms with van der Waals surface area (Å²) in [5.41, 5.74) is 3.57. The number of anilines is 1. The van der Waals surface area contributed by atoms with Crippen molar-refractivity contribution in [1.29, 1.82) is 0 Å². The summed E-state index contributed by atoms with van der Waals surface area (Å²) in [7, 11) is 0. The van der Waals surface area contributed by atoms with Gasteiger partial charge in [0.25, 0.3) is 0 Å². The van der Waals surface area contributed by atoms with Gasteiger partial charge in [-0.1, -0.05) is 18.2 Å². The highest BCUT2D eigenvalue weighted by Gasteiger charge is 2.62. The maximum atomic E-state index is 13.4. The number of benzene rings is 1. The number of halogens is 3. The molecule has 1 unspecified atom stereocenters. The third kappa shape index (κ3) is 2.27. The van der Waals surface area contributed by atoms with E-state index in [0.29, 0.717) is 0 Å². The maximum Gasteiger partial charge on any atom is 0.421 e. The van der Waals surface area contributed by atoms with Gasteiger partial charge in [-0.05, 0) is 18.2 Å². The molecule has 1 atom stereocenters. The van der Waals surface area contributed by atoms with Crippen LogP contribution in [-0.4, -0.2) is 17.8 Å². The number of ether oxygens (including phenoxy) is 2. The predicted molar refractivity (Wildman–Crippen MR) is 73.5 cm³/mol. The summed E-state index contributed by atoms with van der Waals surface area (Å²) in [4.78, 5) is 3.93. The van der Waals surface area contributed by atoms with Crippen LogP contribution in [0.25, 0.3) is 0 Å². The van der Waals surface area contributed by atoms with Crippen LogP contribution in [0.5, 0.6) is 11.6 Å². The average Bonchev–Trinajstić information content (AvgIpc) is 2.40. The second-order valence-electron chi connectivity index (χ2n) is 4.92. The van der Waals surface area contributed by atoms with Crippen molar-refractivity contribution >= 4 is 5.69 Å². The van der Waals surface area contributed by atoms with E-state index < -0.39 is 11.8 Å². The monoisotopic (exact) mass is 310 g/mol. The van der Waals surface area contributed by atoms with E-state index in [1.807, 2.05) is 0 Å². The van der Waals surface area contributed by atoms with Crippen LogP contribution in [0.1, 0.15) is 12.0 Å². The standard InChI is InChI=1S/C15H13F3N2O2/c16-15(17,18)14(7-9-21-14)10-4-1-2-6-12(10)22-13-11(19)5-3-8-20-13/h1-6,8H,7,9,19H2. The predicted octanol–water partition coefficient (Wildman–Crippen LogP) is 3.63. The molecule has 0 radical (unpaired) electrons. The van der Waals surface area contributed by atoms with Gasteiger partial charge in [0, 0.05) is 18.2 Å². The van der Waals surface area contributed by atoms with Crippen molar-refractivity contribution in [3.05, 3.63) is 48.2 Å². The van der Waals surface area contributed by atoms with Gasteiger partial charge in [-0.2, -0.15) is 13.2 Å². The fourth-order valence-corrected chi connectivity index (χ4v) is 2.38. The van der Waals surface area contributed by atoms with E-state index in [-0.39, 0.29) is 35.9 Å². The van der Waals surface area contributed by atoms with Crippen LogP contribution in [0.3, 0.4) is 0 Å². The van der Waals surface area contributed by atoms with Gasteiger partial charge < -0.3 is 15.2 Å². The van der Waals surface area contributed by atoms with Crippen molar-refractivity contribution in [2.75, 3.05) is 12.3 Å². The van der Waals surface area contributed by atoms with Gasteiger partial charge >= 0.3 is 6.18 Å². The number of para-hydroxylation sites is 1. The SMILES string of the molecule is Nc1cccnc1Oc1ccccc1C1(C(F)(F)F)CCO1. The molecule has 2 aromatic rings. The molecule has 1 saturated heterocycles. The topological polar surface area (TPSA) is 57.4 Å². The van der Waals surface area contributed by atoms with Crippen LogP contribution in [0, 0.1) is 0 Å². The van der Waals surface area contributed by atoms with Crippen molar-refractivity contribution in [3.63, 3.8) is 0 Å². The molecule has 1 fully saturated rings. The molecule has 1 aromatic heterocycles. The molecule has 7 heteroatoms. The summed E-state index contributed by atoms with van der Waals surface area (Å²) in [5, 5.41) is 0. The van der Waals surface area contributed by atoms with E-state index in [4.69, 9.17) is 15.2 Å². The van der Waals surface area contributed by atoms with Crippen molar-refractivity contribution < 1.29 is 22.6 Å². The molecular weight excluding hydrogens is 297 g/mol. The molecular formula is C15H13F3N2O2. The van der Waals surface area contributed by atoms with E-state index in [1.165, 1.54) is 24.4 Å². The Labute approximate surface area is 124 Å². The van der Waals surface area contributed by atoms with E-state index in [1.54, 1.807) is 18.2 Å². The highest BCUT2D eigenvalue weighted by Crippen LogP contribution is 2.53. The number of pyridine rings is 1. The molecule has 0 aliphatic carbocycles. The molecule has 3 rings (SSSR count). The molecule has 1 aliphatic rings. The van der Waals surface area contributed by atoms with Gasteiger partial charge in [0.1, 0.15) is 5.75 Å². The fourth-order valence-electron chi connectivity index (χ4n) is 2.38. The van der Waals surface area contributed by atoms with Gasteiger partial charge in [-0.25, -0.2) is 4.98 Å². The first-order chi connectivity index (χ1) is 10.4. The molecule has 2 heterocycles. The fraction of sp³-hybridized carbons (Fsp3) is 0.267. The summed E-state index contributed by atoms with van der Waals surface area (Å²) in [5.74, 6) is 0.0940. The van der Waals surface area contributed by atoms with Crippen molar-refractivity contribution in [1.82, 2.24) is 4.98 Å². The zero-order chi connectivity index (χ0) is 15.8. The lowest BCUT2D eigenvalue weighted by atomic mass is 9.85. The van der Waals surface area contributed by atoms with Crippen LogP contribution in [-0.2, 0) is 10.3 Å². The Kier molecular flexibility index (Phi) is 3.44. The number of nitrogen functional groups attached to an aromatic ring is 1. The minimum absolute atomic E-state index is 0.0323. The molecule has 1 aliphatic heterocycles. The van der Waals surface area contributed by atoms with Crippen molar-refractivity contribution in [3.8, 4) is 11.6 Å². The van der Waals surface area contributed by atoms with Gasteiger partial charge in [-0.15, -0.1) is 0 Å². The number of nitrogens with zero attached hydrogens (tertiary/aromatic N) is 1. The zero-order valence-corrected chi connectivity index (χ0v) is 11.4. The molecule has 22 heavy (non-hydrogen) atoms. The molecule has 116 valence electrons. The van der Waals surface area contributed by atoms with Gasteiger partial charge in [0.05, 0.1) is 12.3 Å².